The van der Waals surface area contributed by atoms with E-state index in [2.05, 4.69) is 15.6 Å². The lowest BCUT2D eigenvalue weighted by atomic mass is 10.1. The summed E-state index contributed by atoms with van der Waals surface area (Å²) >= 11 is 6.80. The van der Waals surface area contributed by atoms with Crippen molar-refractivity contribution in [2.75, 3.05) is 12.4 Å². The van der Waals surface area contributed by atoms with Crippen LogP contribution in [-0.2, 0) is 0 Å². The predicted molar refractivity (Wildman–Crippen MR) is 128 cm³/mol. The van der Waals surface area contributed by atoms with Crippen LogP contribution in [0, 0.1) is 6.92 Å². The molecule has 4 rings (SSSR count). The summed E-state index contributed by atoms with van der Waals surface area (Å²) in [6.07, 6.45) is 0. The first-order valence-corrected chi connectivity index (χ1v) is 10.6. The number of carbonyl (C=O) groups is 1. The van der Waals surface area contributed by atoms with Crippen molar-refractivity contribution in [3.63, 3.8) is 0 Å². The number of rotatable bonds is 4. The van der Waals surface area contributed by atoms with Gasteiger partial charge in [0.25, 0.3) is 5.91 Å². The van der Waals surface area contributed by atoms with Gasteiger partial charge in [-0.3, -0.25) is 10.1 Å². The number of phenolic OH excluding ortho intramolecular Hbond substituents is 1. The van der Waals surface area contributed by atoms with Crippen LogP contribution in [0.3, 0.4) is 0 Å². The Bertz CT molecular complexity index is 1270. The van der Waals surface area contributed by atoms with Gasteiger partial charge in [0.05, 0.1) is 28.5 Å². The van der Waals surface area contributed by atoms with E-state index in [1.54, 1.807) is 30.3 Å². The first kappa shape index (κ1) is 20.8. The van der Waals surface area contributed by atoms with Crippen molar-refractivity contribution in [3.05, 3.63) is 71.8 Å². The Morgan fingerprint density at radius 2 is 1.94 bits per heavy atom. The number of phenols is 1. The van der Waals surface area contributed by atoms with Gasteiger partial charge >= 0.3 is 0 Å². The SMILES string of the molecule is COc1c(C)cccc1C(=O)NC(=S)Nc1ccc(O)c(-c2nc3ccccc3s2)c1. The van der Waals surface area contributed by atoms with E-state index in [0.29, 0.717) is 27.6 Å². The van der Waals surface area contributed by atoms with Crippen molar-refractivity contribution in [2.45, 2.75) is 6.92 Å². The second kappa shape index (κ2) is 8.71. The third-order valence-electron chi connectivity index (χ3n) is 4.67. The predicted octanol–water partition coefficient (Wildman–Crippen LogP) is 5.11. The van der Waals surface area contributed by atoms with Crippen LogP contribution in [-0.4, -0.2) is 28.2 Å². The highest BCUT2D eigenvalue weighted by Gasteiger charge is 2.16. The number of thiocarbonyl (C=S) groups is 1. The second-order valence-corrected chi connectivity index (χ2v) is 8.22. The van der Waals surface area contributed by atoms with Crippen molar-refractivity contribution in [1.29, 1.82) is 0 Å². The summed E-state index contributed by atoms with van der Waals surface area (Å²) in [7, 11) is 1.52. The number of carbonyl (C=O) groups excluding carboxylic acids is 1. The molecule has 0 atom stereocenters. The lowest BCUT2D eigenvalue weighted by Crippen LogP contribution is -2.34. The zero-order valence-corrected chi connectivity index (χ0v) is 18.4. The molecule has 0 radical (unpaired) electrons. The minimum absolute atomic E-state index is 0.115. The van der Waals surface area contributed by atoms with Gasteiger partial charge in [-0.15, -0.1) is 11.3 Å². The average molecular weight is 450 g/mol. The van der Waals surface area contributed by atoms with Crippen LogP contribution in [0.4, 0.5) is 5.69 Å². The van der Waals surface area contributed by atoms with Crippen molar-refractivity contribution in [2.24, 2.45) is 0 Å². The van der Waals surface area contributed by atoms with E-state index >= 15 is 0 Å². The summed E-state index contributed by atoms with van der Waals surface area (Å²) in [5.74, 6) is 0.248. The van der Waals surface area contributed by atoms with Crippen LogP contribution in [0.1, 0.15) is 15.9 Å². The first-order valence-electron chi connectivity index (χ1n) is 9.41. The maximum absolute atomic E-state index is 12.7. The number of thiazole rings is 1. The van der Waals surface area contributed by atoms with E-state index in [9.17, 15) is 9.90 Å². The maximum Gasteiger partial charge on any atom is 0.261 e. The lowest BCUT2D eigenvalue weighted by molar-refractivity contribution is 0.0974. The maximum atomic E-state index is 12.7. The highest BCUT2D eigenvalue weighted by atomic mass is 32.1. The molecule has 0 aliphatic heterocycles. The topological polar surface area (TPSA) is 83.5 Å². The molecule has 6 nitrogen and oxygen atoms in total. The number of hydrogen-bond donors (Lipinski definition) is 3. The van der Waals surface area contributed by atoms with Gasteiger partial charge in [0.2, 0.25) is 0 Å². The van der Waals surface area contributed by atoms with Crippen LogP contribution in [0.2, 0.25) is 0 Å². The molecule has 0 bridgehead atoms. The molecule has 0 aliphatic carbocycles. The number of fused-ring (bicyclic) bond motifs is 1. The van der Waals surface area contributed by atoms with E-state index in [0.717, 1.165) is 15.8 Å². The number of nitrogens with one attached hydrogen (secondary N) is 2. The van der Waals surface area contributed by atoms with E-state index in [1.807, 2.05) is 37.3 Å². The number of aromatic hydroxyl groups is 1. The molecule has 0 saturated carbocycles. The standard InChI is InChI=1S/C23H19N3O3S2/c1-13-6-5-7-15(20(13)29-2)21(28)26-23(30)24-14-10-11-18(27)16(12-14)22-25-17-8-3-4-9-19(17)31-22/h3-12,27H,1-2H3,(H2,24,26,28,30). The number of benzene rings is 3. The van der Waals surface area contributed by atoms with Gasteiger partial charge in [0.1, 0.15) is 16.5 Å². The number of methoxy groups -OCH3 is 1. The molecule has 0 aliphatic rings. The van der Waals surface area contributed by atoms with Crippen molar-refractivity contribution >= 4 is 50.5 Å². The minimum atomic E-state index is -0.372. The normalized spacial score (nSPS) is 10.6. The molecule has 0 spiro atoms. The smallest absolute Gasteiger partial charge is 0.261 e. The highest BCUT2D eigenvalue weighted by molar-refractivity contribution is 7.80. The quantitative estimate of drug-likeness (QED) is 0.297. The van der Waals surface area contributed by atoms with Gasteiger partial charge < -0.3 is 15.2 Å². The number of anilines is 1. The number of amides is 1. The van der Waals surface area contributed by atoms with Gasteiger partial charge in [-0.05, 0) is 61.1 Å². The summed E-state index contributed by atoms with van der Waals surface area (Å²) in [6, 6.07) is 18.1. The van der Waals surface area contributed by atoms with Gasteiger partial charge in [0.15, 0.2) is 5.11 Å². The van der Waals surface area contributed by atoms with Crippen LogP contribution < -0.4 is 15.4 Å². The van der Waals surface area contributed by atoms with Gasteiger partial charge in [-0.1, -0.05) is 24.3 Å². The third-order valence-corrected chi connectivity index (χ3v) is 5.94. The van der Waals surface area contributed by atoms with E-state index < -0.39 is 0 Å². The minimum Gasteiger partial charge on any atom is -0.507 e. The van der Waals surface area contributed by atoms with E-state index in [-0.39, 0.29) is 16.8 Å². The Morgan fingerprint density at radius 3 is 2.71 bits per heavy atom. The van der Waals surface area contributed by atoms with Gasteiger partial charge in [-0.25, -0.2) is 4.98 Å². The summed E-state index contributed by atoms with van der Waals surface area (Å²) in [5.41, 5.74) is 3.32. The largest absolute Gasteiger partial charge is 0.507 e. The molecule has 31 heavy (non-hydrogen) atoms. The van der Waals surface area contributed by atoms with E-state index in [1.165, 1.54) is 18.4 Å². The number of para-hydroxylation sites is 2. The summed E-state index contributed by atoms with van der Waals surface area (Å²) in [6.45, 7) is 1.87. The Labute approximate surface area is 188 Å². The van der Waals surface area contributed by atoms with Crippen molar-refractivity contribution in [3.8, 4) is 22.1 Å². The molecule has 8 heteroatoms. The molecule has 1 heterocycles. The van der Waals surface area contributed by atoms with Crippen LogP contribution in [0.15, 0.2) is 60.7 Å². The highest BCUT2D eigenvalue weighted by Crippen LogP contribution is 2.36. The first-order chi connectivity index (χ1) is 15.0. The molecule has 3 N–H and O–H groups in total. The van der Waals surface area contributed by atoms with Gasteiger partial charge in [0, 0.05) is 5.69 Å². The number of ether oxygens (including phenoxy) is 1. The molecular formula is C23H19N3O3S2. The van der Waals surface area contributed by atoms with Crippen molar-refractivity contribution < 1.29 is 14.6 Å². The molecular weight excluding hydrogens is 430 g/mol. The molecule has 3 aromatic carbocycles. The van der Waals surface area contributed by atoms with Gasteiger partial charge in [-0.2, -0.15) is 0 Å². The Balaban J connectivity index is 1.53. The third kappa shape index (κ3) is 4.35. The number of aryl methyl sites for hydroxylation is 1. The van der Waals surface area contributed by atoms with Crippen LogP contribution in [0.5, 0.6) is 11.5 Å². The summed E-state index contributed by atoms with van der Waals surface area (Å²) in [4.78, 5) is 17.2. The summed E-state index contributed by atoms with van der Waals surface area (Å²) < 4.78 is 6.37. The molecule has 0 saturated heterocycles. The number of hydrogen-bond acceptors (Lipinski definition) is 6. The van der Waals surface area contributed by atoms with Crippen LogP contribution in [0.25, 0.3) is 20.8 Å². The fourth-order valence-corrected chi connectivity index (χ4v) is 4.41. The Morgan fingerprint density at radius 1 is 1.13 bits per heavy atom. The fourth-order valence-electron chi connectivity index (χ4n) is 3.21. The fraction of sp³-hybridized carbons (Fsp3) is 0.0870. The molecule has 1 amide bonds. The van der Waals surface area contributed by atoms with Crippen LogP contribution >= 0.6 is 23.6 Å². The zero-order valence-electron chi connectivity index (χ0n) is 16.8. The van der Waals surface area contributed by atoms with Crippen molar-refractivity contribution in [1.82, 2.24) is 10.3 Å². The molecule has 4 aromatic rings. The average Bonchev–Trinajstić information content (AvgIpc) is 3.18. The molecule has 0 unspecified atom stereocenters. The van der Waals surface area contributed by atoms with E-state index in [4.69, 9.17) is 17.0 Å². The lowest BCUT2D eigenvalue weighted by Gasteiger charge is -2.13. The Kier molecular flexibility index (Phi) is 5.83. The molecule has 1 aromatic heterocycles. The number of aromatic nitrogens is 1. The molecule has 156 valence electrons. The number of nitrogens with zero attached hydrogens (tertiary/aromatic N) is 1. The summed E-state index contributed by atoms with van der Waals surface area (Å²) in [5, 5.41) is 16.8. The monoisotopic (exact) mass is 449 g/mol. The second-order valence-electron chi connectivity index (χ2n) is 6.78. The zero-order chi connectivity index (χ0) is 22.0. The Hall–Kier alpha value is -3.49. The molecule has 0 fully saturated rings.